The van der Waals surface area contributed by atoms with Crippen LogP contribution in [0.1, 0.15) is 29.8 Å². The van der Waals surface area contributed by atoms with E-state index in [0.29, 0.717) is 35.3 Å². The lowest BCUT2D eigenvalue weighted by atomic mass is 10.2. The number of benzene rings is 2. The van der Waals surface area contributed by atoms with Gasteiger partial charge >= 0.3 is 5.97 Å². The average molecular weight is 392 g/mol. The van der Waals surface area contributed by atoms with E-state index in [1.807, 2.05) is 13.8 Å². The van der Waals surface area contributed by atoms with Crippen LogP contribution in [0.15, 0.2) is 42.5 Å². The van der Waals surface area contributed by atoms with Crippen molar-refractivity contribution in [1.29, 1.82) is 0 Å². The minimum Gasteiger partial charge on any atom is -0.490 e. The van der Waals surface area contributed by atoms with Crippen molar-refractivity contribution in [2.75, 3.05) is 19.8 Å². The molecule has 1 amide bonds. The molecule has 0 aliphatic heterocycles. The number of halogens is 1. The van der Waals surface area contributed by atoms with Gasteiger partial charge in [-0.05, 0) is 49.7 Å². The van der Waals surface area contributed by atoms with E-state index in [1.165, 1.54) is 0 Å². The summed E-state index contributed by atoms with van der Waals surface area (Å²) in [5.74, 6) is 0.118. The maximum absolute atomic E-state index is 12.3. The molecule has 2 aromatic carbocycles. The standard InChI is InChI=1S/C20H22ClNO5/c1-3-25-17-10-7-15(11-18(17)26-4-2)20(24)22-12-19(23)27-13-14-5-8-16(21)9-6-14/h5-11H,3-4,12-13H2,1-2H3,(H,22,24). The average Bonchev–Trinajstić information content (AvgIpc) is 2.67. The van der Waals surface area contributed by atoms with E-state index in [2.05, 4.69) is 5.32 Å². The Labute approximate surface area is 163 Å². The Balaban J connectivity index is 1.87. The zero-order chi connectivity index (χ0) is 19.6. The summed E-state index contributed by atoms with van der Waals surface area (Å²) in [6.45, 7) is 4.53. The normalized spacial score (nSPS) is 10.2. The third-order valence-corrected chi connectivity index (χ3v) is 3.76. The molecule has 0 atom stereocenters. The molecule has 7 heteroatoms. The molecule has 0 radical (unpaired) electrons. The fourth-order valence-electron chi connectivity index (χ4n) is 2.24. The van der Waals surface area contributed by atoms with Crippen LogP contribution < -0.4 is 14.8 Å². The number of nitrogens with one attached hydrogen (secondary N) is 1. The molecular weight excluding hydrogens is 370 g/mol. The second-order valence-corrected chi connectivity index (χ2v) is 5.93. The molecule has 144 valence electrons. The first-order valence-corrected chi connectivity index (χ1v) is 8.99. The van der Waals surface area contributed by atoms with Crippen LogP contribution >= 0.6 is 11.6 Å². The van der Waals surface area contributed by atoms with Gasteiger partial charge in [-0.15, -0.1) is 0 Å². The molecule has 2 aromatic rings. The molecule has 27 heavy (non-hydrogen) atoms. The number of carbonyl (C=O) groups is 2. The van der Waals surface area contributed by atoms with Crippen molar-refractivity contribution >= 4 is 23.5 Å². The van der Waals surface area contributed by atoms with Gasteiger partial charge in [-0.3, -0.25) is 9.59 Å². The topological polar surface area (TPSA) is 73.9 Å². The minimum absolute atomic E-state index is 0.114. The maximum atomic E-state index is 12.3. The smallest absolute Gasteiger partial charge is 0.325 e. The van der Waals surface area contributed by atoms with E-state index in [4.69, 9.17) is 25.8 Å². The summed E-state index contributed by atoms with van der Waals surface area (Å²) in [6, 6.07) is 11.8. The van der Waals surface area contributed by atoms with Crippen molar-refractivity contribution < 1.29 is 23.8 Å². The quantitative estimate of drug-likeness (QED) is 0.661. The van der Waals surface area contributed by atoms with Crippen LogP contribution in [0.5, 0.6) is 11.5 Å². The monoisotopic (exact) mass is 391 g/mol. The second kappa shape index (κ2) is 10.4. The molecule has 0 spiro atoms. The lowest BCUT2D eigenvalue weighted by Crippen LogP contribution is -2.30. The van der Waals surface area contributed by atoms with Crippen molar-refractivity contribution in [3.8, 4) is 11.5 Å². The summed E-state index contributed by atoms with van der Waals surface area (Å²) in [5, 5.41) is 3.14. The Morgan fingerprint density at radius 2 is 1.63 bits per heavy atom. The molecule has 0 aromatic heterocycles. The van der Waals surface area contributed by atoms with Crippen molar-refractivity contribution in [3.05, 3.63) is 58.6 Å². The SMILES string of the molecule is CCOc1ccc(C(=O)NCC(=O)OCc2ccc(Cl)cc2)cc1OCC. The molecule has 0 saturated carbocycles. The minimum atomic E-state index is -0.533. The number of ether oxygens (including phenoxy) is 3. The molecule has 2 rings (SSSR count). The number of esters is 1. The van der Waals surface area contributed by atoms with Gasteiger partial charge in [-0.25, -0.2) is 0 Å². The second-order valence-electron chi connectivity index (χ2n) is 5.50. The summed E-state index contributed by atoms with van der Waals surface area (Å²) < 4.78 is 16.1. The first kappa shape index (κ1) is 20.6. The van der Waals surface area contributed by atoms with Gasteiger partial charge in [-0.2, -0.15) is 0 Å². The van der Waals surface area contributed by atoms with Gasteiger partial charge in [0.1, 0.15) is 13.2 Å². The van der Waals surface area contributed by atoms with Gasteiger partial charge in [0.25, 0.3) is 5.91 Å². The molecule has 0 unspecified atom stereocenters. The highest BCUT2D eigenvalue weighted by Crippen LogP contribution is 2.28. The van der Waals surface area contributed by atoms with Gasteiger partial charge in [0, 0.05) is 10.6 Å². The Hall–Kier alpha value is -2.73. The van der Waals surface area contributed by atoms with Gasteiger partial charge in [0.05, 0.1) is 13.2 Å². The van der Waals surface area contributed by atoms with Gasteiger partial charge in [0.2, 0.25) is 0 Å². The summed E-state index contributed by atoms with van der Waals surface area (Å²) in [6.07, 6.45) is 0. The predicted molar refractivity (Wildman–Crippen MR) is 102 cm³/mol. The fourth-order valence-corrected chi connectivity index (χ4v) is 2.37. The third kappa shape index (κ3) is 6.49. The van der Waals surface area contributed by atoms with Crippen molar-refractivity contribution in [2.45, 2.75) is 20.5 Å². The Morgan fingerprint density at radius 1 is 0.963 bits per heavy atom. The van der Waals surface area contributed by atoms with Crippen LogP contribution in [0.25, 0.3) is 0 Å². The molecule has 6 nitrogen and oxygen atoms in total. The van der Waals surface area contributed by atoms with E-state index in [9.17, 15) is 9.59 Å². The zero-order valence-corrected chi connectivity index (χ0v) is 16.0. The molecule has 0 aliphatic rings. The lowest BCUT2D eigenvalue weighted by molar-refractivity contribution is -0.143. The number of carbonyl (C=O) groups excluding carboxylic acids is 2. The molecule has 1 N–H and O–H groups in total. The number of rotatable bonds is 9. The zero-order valence-electron chi connectivity index (χ0n) is 15.3. The number of hydrogen-bond acceptors (Lipinski definition) is 5. The van der Waals surface area contributed by atoms with Crippen LogP contribution in [0.3, 0.4) is 0 Å². The van der Waals surface area contributed by atoms with E-state index in [0.717, 1.165) is 5.56 Å². The van der Waals surface area contributed by atoms with Crippen LogP contribution in [-0.2, 0) is 16.1 Å². The lowest BCUT2D eigenvalue weighted by Gasteiger charge is -2.12. The largest absolute Gasteiger partial charge is 0.490 e. The van der Waals surface area contributed by atoms with E-state index in [1.54, 1.807) is 42.5 Å². The highest BCUT2D eigenvalue weighted by molar-refractivity contribution is 6.30. The molecule has 0 bridgehead atoms. The van der Waals surface area contributed by atoms with E-state index in [-0.39, 0.29) is 13.2 Å². The van der Waals surface area contributed by atoms with Gasteiger partial charge in [-0.1, -0.05) is 23.7 Å². The first-order chi connectivity index (χ1) is 13.0. The number of amides is 1. The third-order valence-electron chi connectivity index (χ3n) is 3.51. The summed E-state index contributed by atoms with van der Waals surface area (Å²) in [4.78, 5) is 24.1. The molecule has 0 fully saturated rings. The Morgan fingerprint density at radius 3 is 2.30 bits per heavy atom. The summed E-state index contributed by atoms with van der Waals surface area (Å²) in [7, 11) is 0. The van der Waals surface area contributed by atoms with Crippen molar-refractivity contribution in [1.82, 2.24) is 5.32 Å². The molecule has 0 heterocycles. The van der Waals surface area contributed by atoms with Gasteiger partial charge < -0.3 is 19.5 Å². The van der Waals surface area contributed by atoms with Crippen LogP contribution in [0.4, 0.5) is 0 Å². The highest BCUT2D eigenvalue weighted by atomic mass is 35.5. The van der Waals surface area contributed by atoms with Gasteiger partial charge in [0.15, 0.2) is 11.5 Å². The predicted octanol–water partition coefficient (Wildman–Crippen LogP) is 3.61. The van der Waals surface area contributed by atoms with Crippen LogP contribution in [0.2, 0.25) is 5.02 Å². The highest BCUT2D eigenvalue weighted by Gasteiger charge is 2.13. The fraction of sp³-hybridized carbons (Fsp3) is 0.300. The molecule has 0 saturated heterocycles. The van der Waals surface area contributed by atoms with E-state index >= 15 is 0 Å². The maximum Gasteiger partial charge on any atom is 0.325 e. The van der Waals surface area contributed by atoms with Crippen molar-refractivity contribution in [2.24, 2.45) is 0 Å². The van der Waals surface area contributed by atoms with Crippen LogP contribution in [0, 0.1) is 0 Å². The Kier molecular flexibility index (Phi) is 7.95. The summed E-state index contributed by atoms with van der Waals surface area (Å²) >= 11 is 5.80. The first-order valence-electron chi connectivity index (χ1n) is 8.61. The van der Waals surface area contributed by atoms with Crippen LogP contribution in [-0.4, -0.2) is 31.6 Å². The molecular formula is C20H22ClNO5. The molecule has 0 aliphatic carbocycles. The summed E-state index contributed by atoms with van der Waals surface area (Å²) in [5.41, 5.74) is 1.18. The van der Waals surface area contributed by atoms with Crippen molar-refractivity contribution in [3.63, 3.8) is 0 Å². The Bertz CT molecular complexity index is 776. The van der Waals surface area contributed by atoms with E-state index < -0.39 is 11.9 Å². The number of hydrogen-bond donors (Lipinski definition) is 1.